The summed E-state index contributed by atoms with van der Waals surface area (Å²) in [4.78, 5) is 0. The Balaban J connectivity index is 1.78. The molecule has 0 fully saturated rings. The van der Waals surface area contributed by atoms with E-state index in [0.717, 1.165) is 6.42 Å². The Morgan fingerprint density at radius 2 is 1.67 bits per heavy atom. The minimum atomic E-state index is 1.10. The van der Waals surface area contributed by atoms with Crippen LogP contribution in [-0.2, 0) is 0 Å². The molecule has 0 atom stereocenters. The van der Waals surface area contributed by atoms with Crippen molar-refractivity contribution in [2.45, 2.75) is 32.1 Å². The molecule has 0 heteroatoms. The second-order valence-corrected chi connectivity index (χ2v) is 5.67. The van der Waals surface area contributed by atoms with Crippen LogP contribution in [-0.4, -0.2) is 0 Å². The molecule has 0 radical (unpaired) electrons. The van der Waals surface area contributed by atoms with Crippen LogP contribution < -0.4 is 0 Å². The predicted octanol–water partition coefficient (Wildman–Crippen LogP) is 6.26. The molecule has 0 aliphatic heterocycles. The summed E-state index contributed by atoms with van der Waals surface area (Å²) in [5.74, 6) is 0. The number of rotatable bonds is 4. The van der Waals surface area contributed by atoms with Gasteiger partial charge in [-0.2, -0.15) is 0 Å². The van der Waals surface area contributed by atoms with Crippen molar-refractivity contribution in [2.75, 3.05) is 0 Å². The molecule has 0 saturated heterocycles. The first-order valence-corrected chi connectivity index (χ1v) is 7.92. The molecule has 106 valence electrons. The first-order chi connectivity index (χ1) is 10.4. The first-order valence-electron chi connectivity index (χ1n) is 7.92. The van der Waals surface area contributed by atoms with Crippen LogP contribution in [0.15, 0.2) is 72.3 Å². The summed E-state index contributed by atoms with van der Waals surface area (Å²) >= 11 is 0. The Bertz CT molecular complexity index is 632. The zero-order valence-electron chi connectivity index (χ0n) is 12.5. The summed E-state index contributed by atoms with van der Waals surface area (Å²) in [6.45, 7) is 0. The molecule has 2 aromatic rings. The number of benzene rings is 2. The van der Waals surface area contributed by atoms with Crippen molar-refractivity contribution < 1.29 is 0 Å². The molecule has 1 aliphatic rings. The summed E-state index contributed by atoms with van der Waals surface area (Å²) in [5.41, 5.74) is 5.51. The van der Waals surface area contributed by atoms with Crippen LogP contribution in [0.5, 0.6) is 0 Å². The molecule has 0 amide bonds. The topological polar surface area (TPSA) is 0 Å². The van der Waals surface area contributed by atoms with Crippen LogP contribution in [0.25, 0.3) is 17.2 Å². The lowest BCUT2D eigenvalue weighted by Gasteiger charge is -2.10. The van der Waals surface area contributed by atoms with Gasteiger partial charge in [0, 0.05) is 0 Å². The molecular weight excluding hydrogens is 252 g/mol. The molecule has 0 saturated carbocycles. The molecule has 0 bridgehead atoms. The molecule has 21 heavy (non-hydrogen) atoms. The third-order valence-electron chi connectivity index (χ3n) is 4.11. The minimum absolute atomic E-state index is 1.10. The van der Waals surface area contributed by atoms with Crippen LogP contribution >= 0.6 is 0 Å². The molecule has 3 rings (SSSR count). The lowest BCUT2D eigenvalue weighted by molar-refractivity contribution is 0.691. The number of allylic oxidation sites excluding steroid dienone is 3. The van der Waals surface area contributed by atoms with E-state index >= 15 is 0 Å². The van der Waals surface area contributed by atoms with E-state index in [0.29, 0.717) is 0 Å². The van der Waals surface area contributed by atoms with E-state index in [2.05, 4.69) is 72.8 Å². The smallest absolute Gasteiger partial charge is 0.0112 e. The highest BCUT2D eigenvalue weighted by molar-refractivity contribution is 5.75. The summed E-state index contributed by atoms with van der Waals surface area (Å²) in [5, 5.41) is 0. The van der Waals surface area contributed by atoms with Crippen molar-refractivity contribution in [3.8, 4) is 11.1 Å². The van der Waals surface area contributed by atoms with Gasteiger partial charge in [-0.15, -0.1) is 0 Å². The molecular formula is C21H22. The SMILES string of the molecule is C1=C(C/C=C/c2ccccc2-c2ccccc2)CCCC1. The molecule has 0 spiro atoms. The van der Waals surface area contributed by atoms with Gasteiger partial charge in [-0.25, -0.2) is 0 Å². The van der Waals surface area contributed by atoms with E-state index < -0.39 is 0 Å². The average Bonchev–Trinajstić information content (AvgIpc) is 2.57. The summed E-state index contributed by atoms with van der Waals surface area (Å²) in [7, 11) is 0. The Morgan fingerprint density at radius 1 is 0.857 bits per heavy atom. The van der Waals surface area contributed by atoms with Crippen molar-refractivity contribution in [1.29, 1.82) is 0 Å². The van der Waals surface area contributed by atoms with Crippen LogP contribution in [0.4, 0.5) is 0 Å². The van der Waals surface area contributed by atoms with Gasteiger partial charge in [0.2, 0.25) is 0 Å². The fourth-order valence-electron chi connectivity index (χ4n) is 2.95. The van der Waals surface area contributed by atoms with E-state index in [1.807, 2.05) is 0 Å². The van der Waals surface area contributed by atoms with Gasteiger partial charge in [-0.3, -0.25) is 0 Å². The molecule has 1 aliphatic carbocycles. The molecule has 0 N–H and O–H groups in total. The van der Waals surface area contributed by atoms with Crippen molar-refractivity contribution in [2.24, 2.45) is 0 Å². The van der Waals surface area contributed by atoms with Crippen LogP contribution in [0, 0.1) is 0 Å². The quantitative estimate of drug-likeness (QED) is 0.577. The molecule has 0 nitrogen and oxygen atoms in total. The standard InChI is InChI=1S/C21H22/c1-3-10-18(11-4-1)12-9-16-20-15-7-8-17-21(20)19-13-5-2-6-14-19/h2,5-10,13-17H,1,3-4,11-12H2/b16-9+. The van der Waals surface area contributed by atoms with E-state index in [4.69, 9.17) is 0 Å². The third kappa shape index (κ3) is 3.72. The largest absolute Gasteiger partial charge is 0.0850 e. The maximum atomic E-state index is 2.43. The Labute approximate surface area is 127 Å². The fourth-order valence-corrected chi connectivity index (χ4v) is 2.95. The monoisotopic (exact) mass is 274 g/mol. The maximum absolute atomic E-state index is 2.43. The summed E-state index contributed by atoms with van der Waals surface area (Å²) in [6, 6.07) is 19.3. The Kier molecular flexibility index (Phi) is 4.68. The van der Waals surface area contributed by atoms with Gasteiger partial charge in [0.25, 0.3) is 0 Å². The molecule has 0 unspecified atom stereocenters. The lowest BCUT2D eigenvalue weighted by Crippen LogP contribution is -1.90. The minimum Gasteiger partial charge on any atom is -0.0850 e. The lowest BCUT2D eigenvalue weighted by atomic mass is 9.96. The van der Waals surface area contributed by atoms with Gasteiger partial charge in [0.05, 0.1) is 0 Å². The van der Waals surface area contributed by atoms with Crippen LogP contribution in [0.2, 0.25) is 0 Å². The zero-order valence-corrected chi connectivity index (χ0v) is 12.5. The van der Waals surface area contributed by atoms with Gasteiger partial charge >= 0.3 is 0 Å². The van der Waals surface area contributed by atoms with Crippen LogP contribution in [0.1, 0.15) is 37.7 Å². The fraction of sp³-hybridized carbons (Fsp3) is 0.238. The van der Waals surface area contributed by atoms with Crippen molar-refractivity contribution in [3.63, 3.8) is 0 Å². The van der Waals surface area contributed by atoms with Gasteiger partial charge < -0.3 is 0 Å². The number of hydrogen-bond donors (Lipinski definition) is 0. The summed E-state index contributed by atoms with van der Waals surface area (Å²) < 4.78 is 0. The van der Waals surface area contributed by atoms with E-state index in [1.165, 1.54) is 42.4 Å². The van der Waals surface area contributed by atoms with E-state index in [1.54, 1.807) is 5.57 Å². The second kappa shape index (κ2) is 7.08. The molecule has 2 aromatic carbocycles. The van der Waals surface area contributed by atoms with Crippen molar-refractivity contribution >= 4 is 6.08 Å². The van der Waals surface area contributed by atoms with E-state index in [-0.39, 0.29) is 0 Å². The first kappa shape index (κ1) is 13.9. The maximum Gasteiger partial charge on any atom is -0.0112 e. The highest BCUT2D eigenvalue weighted by atomic mass is 14.1. The van der Waals surface area contributed by atoms with Crippen LogP contribution in [0.3, 0.4) is 0 Å². The van der Waals surface area contributed by atoms with Gasteiger partial charge in [-0.1, -0.05) is 78.4 Å². The van der Waals surface area contributed by atoms with Gasteiger partial charge in [0.15, 0.2) is 0 Å². The normalized spacial score (nSPS) is 15.1. The molecule has 0 heterocycles. The zero-order chi connectivity index (χ0) is 14.3. The highest BCUT2D eigenvalue weighted by Gasteiger charge is 2.03. The third-order valence-corrected chi connectivity index (χ3v) is 4.11. The van der Waals surface area contributed by atoms with Crippen molar-refractivity contribution in [3.05, 3.63) is 77.9 Å². The average molecular weight is 274 g/mol. The van der Waals surface area contributed by atoms with Crippen molar-refractivity contribution in [1.82, 2.24) is 0 Å². The summed E-state index contributed by atoms with van der Waals surface area (Å²) in [6.07, 6.45) is 13.4. The van der Waals surface area contributed by atoms with Gasteiger partial charge in [-0.05, 0) is 48.8 Å². The molecule has 0 aromatic heterocycles. The Hall–Kier alpha value is -2.08. The van der Waals surface area contributed by atoms with Gasteiger partial charge in [0.1, 0.15) is 0 Å². The predicted molar refractivity (Wildman–Crippen MR) is 92.1 cm³/mol. The Morgan fingerprint density at radius 3 is 2.48 bits per heavy atom. The van der Waals surface area contributed by atoms with E-state index in [9.17, 15) is 0 Å². The highest BCUT2D eigenvalue weighted by Crippen LogP contribution is 2.25. The second-order valence-electron chi connectivity index (χ2n) is 5.67. The number of hydrogen-bond acceptors (Lipinski definition) is 0.